The van der Waals surface area contributed by atoms with Gasteiger partial charge in [-0.2, -0.15) is 0 Å². The molecule has 0 fully saturated rings. The van der Waals surface area contributed by atoms with E-state index in [0.717, 1.165) is 59.1 Å². The van der Waals surface area contributed by atoms with E-state index >= 15 is 0 Å². The number of rotatable bonds is 15. The summed E-state index contributed by atoms with van der Waals surface area (Å²) < 4.78 is 0. The minimum Gasteiger partial charge on any atom is -0.508 e. The number of phenolic OH excluding ortho intramolecular Hbond substituents is 4. The van der Waals surface area contributed by atoms with Crippen molar-refractivity contribution in [3.05, 3.63) is 186 Å². The molecule has 0 amide bonds. The summed E-state index contributed by atoms with van der Waals surface area (Å²) in [4.78, 5) is 0. The molecule has 0 radical (unpaired) electrons. The van der Waals surface area contributed by atoms with E-state index in [0.29, 0.717) is 44.4 Å². The van der Waals surface area contributed by atoms with Crippen LogP contribution in [0.2, 0.25) is 20.1 Å². The van der Waals surface area contributed by atoms with Crippen molar-refractivity contribution in [3.8, 4) is 23.0 Å². The van der Waals surface area contributed by atoms with Crippen molar-refractivity contribution in [2.45, 2.75) is 104 Å². The van der Waals surface area contributed by atoms with Gasteiger partial charge >= 0.3 is 0 Å². The molecule has 0 spiro atoms. The zero-order chi connectivity index (χ0) is 43.7. The van der Waals surface area contributed by atoms with Gasteiger partial charge in [0, 0.05) is 28.5 Å². The topological polar surface area (TPSA) is 80.9 Å². The number of unbranched alkanes of at least 4 members (excludes halogenated alkanes) is 7. The Hall–Kier alpha value is -4.32. The monoisotopic (exact) mass is 888 g/mol. The Morgan fingerprint density at radius 1 is 0.417 bits per heavy atom. The number of hydrogen-bond acceptors (Lipinski definition) is 4. The fraction of sp³-hybridized carbons (Fsp3) is 0.308. The molecule has 0 bridgehead atoms. The molecule has 0 aliphatic carbocycles. The van der Waals surface area contributed by atoms with Crippen LogP contribution in [0.3, 0.4) is 0 Å². The number of aryl methyl sites for hydroxylation is 2. The average molecular weight is 891 g/mol. The van der Waals surface area contributed by atoms with Gasteiger partial charge in [-0.1, -0.05) is 190 Å². The highest BCUT2D eigenvalue weighted by Crippen LogP contribution is 2.31. The Kier molecular flexibility index (Phi) is 23.6. The first-order valence-corrected chi connectivity index (χ1v) is 22.4. The molecule has 6 aromatic rings. The van der Waals surface area contributed by atoms with Gasteiger partial charge in [-0.25, -0.2) is 0 Å². The third-order valence-electron chi connectivity index (χ3n) is 9.98. The van der Waals surface area contributed by atoms with E-state index in [1.54, 1.807) is 42.5 Å². The molecule has 0 aliphatic rings. The number of phenols is 4. The summed E-state index contributed by atoms with van der Waals surface area (Å²) in [5.74, 6) is 0.997. The molecule has 0 atom stereocenters. The van der Waals surface area contributed by atoms with Crippen molar-refractivity contribution in [2.75, 3.05) is 0 Å². The van der Waals surface area contributed by atoms with Crippen LogP contribution in [0.5, 0.6) is 23.0 Å². The van der Waals surface area contributed by atoms with Gasteiger partial charge in [0.25, 0.3) is 0 Å². The van der Waals surface area contributed by atoms with Crippen LogP contribution in [0.1, 0.15) is 111 Å². The number of hydrogen-bond donors (Lipinski definition) is 4. The molecular weight excluding hydrogens is 830 g/mol. The first-order chi connectivity index (χ1) is 28.9. The summed E-state index contributed by atoms with van der Waals surface area (Å²) in [7, 11) is 0. The van der Waals surface area contributed by atoms with Gasteiger partial charge in [-0.15, -0.1) is 0 Å². The third-order valence-corrected chi connectivity index (χ3v) is 11.5. The fourth-order valence-corrected chi connectivity index (χ4v) is 7.24. The molecule has 0 saturated heterocycles. The van der Waals surface area contributed by atoms with Crippen molar-refractivity contribution in [1.29, 1.82) is 0 Å². The maximum Gasteiger partial charge on any atom is 0.134 e. The lowest BCUT2D eigenvalue weighted by molar-refractivity contribution is 0.468. The zero-order valence-electron chi connectivity index (χ0n) is 35.1. The fourth-order valence-electron chi connectivity index (χ4n) is 6.43. The number of benzene rings is 6. The SMILES string of the molecule is CCCCCCCc1cccc(O)c1Cl.CCCCCCc1cccc(O)c1Cl.Cc1c(Cl)ccc(O)c1Cc1ccccc1.Oc1ccc(Cl)cc1Cc1ccccc1. The van der Waals surface area contributed by atoms with Crippen LogP contribution >= 0.6 is 46.4 Å². The van der Waals surface area contributed by atoms with E-state index in [2.05, 4.69) is 13.8 Å². The van der Waals surface area contributed by atoms with E-state index in [1.165, 1.54) is 50.5 Å². The highest BCUT2D eigenvalue weighted by atomic mass is 35.5. The van der Waals surface area contributed by atoms with Crippen LogP contribution in [0.25, 0.3) is 0 Å². The van der Waals surface area contributed by atoms with E-state index in [-0.39, 0.29) is 11.5 Å². The minimum absolute atomic E-state index is 0.194. The van der Waals surface area contributed by atoms with Gasteiger partial charge in [0.15, 0.2) is 0 Å². The molecule has 0 unspecified atom stereocenters. The highest BCUT2D eigenvalue weighted by Gasteiger charge is 2.09. The van der Waals surface area contributed by atoms with E-state index < -0.39 is 0 Å². The molecule has 6 aromatic carbocycles. The predicted molar refractivity (Wildman–Crippen MR) is 256 cm³/mol. The predicted octanol–water partition coefficient (Wildman–Crippen LogP) is 16.3. The highest BCUT2D eigenvalue weighted by molar-refractivity contribution is 6.33. The lowest BCUT2D eigenvalue weighted by atomic mass is 9.99. The minimum atomic E-state index is 0.194. The quantitative estimate of drug-likeness (QED) is 0.0775. The standard InChI is InChI=1S/C14H13ClO.C13H11ClO.C13H19ClO.C12H17ClO/c1-10-12(14(16)8-7-13(10)15)9-11-5-3-2-4-6-11;14-12-6-7-13(15)11(9-12)8-10-4-2-1-3-5-10;1-2-3-4-5-6-8-11-9-7-10-12(15)13(11)14;1-2-3-4-5-7-10-8-6-9-11(14)12(10)13/h2-8,16H,9H2,1H3;1-7,9,15H,8H2;7,9-10,15H,2-6,8H2,1H3;6,8-9,14H,2-5,7H2,1H3. The Morgan fingerprint density at radius 2 is 0.883 bits per heavy atom. The molecule has 0 heterocycles. The van der Waals surface area contributed by atoms with Crippen LogP contribution in [0.4, 0.5) is 0 Å². The van der Waals surface area contributed by atoms with Crippen molar-refractivity contribution < 1.29 is 20.4 Å². The summed E-state index contributed by atoms with van der Waals surface area (Å²) in [5.41, 5.74) is 7.16. The van der Waals surface area contributed by atoms with Crippen molar-refractivity contribution in [3.63, 3.8) is 0 Å². The number of aromatic hydroxyl groups is 4. The third kappa shape index (κ3) is 18.1. The van der Waals surface area contributed by atoms with Crippen molar-refractivity contribution >= 4 is 46.4 Å². The number of halogens is 4. The van der Waals surface area contributed by atoms with Gasteiger partial charge in [0.05, 0.1) is 10.0 Å². The molecule has 4 N–H and O–H groups in total. The lowest BCUT2D eigenvalue weighted by Crippen LogP contribution is -1.93. The summed E-state index contributed by atoms with van der Waals surface area (Å²) in [5, 5.41) is 40.6. The second kappa shape index (κ2) is 28.3. The molecule has 4 nitrogen and oxygen atoms in total. The summed E-state index contributed by atoms with van der Waals surface area (Å²) in [6.07, 6.45) is 14.5. The molecule has 0 aliphatic heterocycles. The zero-order valence-corrected chi connectivity index (χ0v) is 38.1. The van der Waals surface area contributed by atoms with E-state index in [9.17, 15) is 20.4 Å². The first kappa shape index (κ1) is 50.0. The Labute approximate surface area is 378 Å². The normalized spacial score (nSPS) is 10.4. The van der Waals surface area contributed by atoms with Gasteiger partial charge in [0.1, 0.15) is 23.0 Å². The molecule has 8 heteroatoms. The van der Waals surface area contributed by atoms with Crippen molar-refractivity contribution in [2.24, 2.45) is 0 Å². The van der Waals surface area contributed by atoms with Crippen LogP contribution < -0.4 is 0 Å². The molecule has 60 heavy (non-hydrogen) atoms. The maximum atomic E-state index is 9.82. The van der Waals surface area contributed by atoms with Crippen LogP contribution in [-0.4, -0.2) is 20.4 Å². The maximum absolute atomic E-state index is 9.82. The van der Waals surface area contributed by atoms with Gasteiger partial charge in [-0.3, -0.25) is 0 Å². The Morgan fingerprint density at radius 3 is 1.40 bits per heavy atom. The van der Waals surface area contributed by atoms with E-state index in [4.69, 9.17) is 46.4 Å². The smallest absolute Gasteiger partial charge is 0.134 e. The molecule has 0 aromatic heterocycles. The second-order valence-corrected chi connectivity index (χ2v) is 16.3. The largest absolute Gasteiger partial charge is 0.508 e. The summed E-state index contributed by atoms with van der Waals surface area (Å²) in [6, 6.07) is 39.4. The first-order valence-electron chi connectivity index (χ1n) is 20.9. The van der Waals surface area contributed by atoms with Crippen LogP contribution in [-0.2, 0) is 25.7 Å². The molecule has 6 rings (SSSR count). The Balaban J connectivity index is 0.000000214. The summed E-state index contributed by atoms with van der Waals surface area (Å²) in [6.45, 7) is 6.34. The second-order valence-electron chi connectivity index (χ2n) is 14.7. The lowest BCUT2D eigenvalue weighted by Gasteiger charge is -2.10. The van der Waals surface area contributed by atoms with Crippen LogP contribution in [0, 0.1) is 6.92 Å². The molecule has 320 valence electrons. The van der Waals surface area contributed by atoms with Gasteiger partial charge < -0.3 is 20.4 Å². The average Bonchev–Trinajstić information content (AvgIpc) is 3.25. The Bertz CT molecular complexity index is 2120. The van der Waals surface area contributed by atoms with E-state index in [1.807, 2.05) is 91.9 Å². The van der Waals surface area contributed by atoms with Crippen LogP contribution in [0.15, 0.2) is 127 Å². The van der Waals surface area contributed by atoms with Gasteiger partial charge in [0.2, 0.25) is 0 Å². The van der Waals surface area contributed by atoms with Crippen molar-refractivity contribution in [1.82, 2.24) is 0 Å². The molecular formula is C52H60Cl4O4. The summed E-state index contributed by atoms with van der Waals surface area (Å²) >= 11 is 23.9. The van der Waals surface area contributed by atoms with Gasteiger partial charge in [-0.05, 0) is 108 Å². The molecule has 0 saturated carbocycles.